The van der Waals surface area contributed by atoms with Crippen LogP contribution in [0.2, 0.25) is 0 Å². The lowest BCUT2D eigenvalue weighted by atomic mass is 9.83. The normalized spacial score (nSPS) is 48.5. The van der Waals surface area contributed by atoms with Crippen LogP contribution in [0.15, 0.2) is 0 Å². The number of hydrogen-bond acceptors (Lipinski definition) is 11. The topological polar surface area (TPSA) is 129 Å². The fourth-order valence-electron chi connectivity index (χ4n) is 4.01. The van der Waals surface area contributed by atoms with E-state index in [2.05, 4.69) is 0 Å². The Morgan fingerprint density at radius 3 is 0.906 bits per heavy atom. The van der Waals surface area contributed by atoms with E-state index in [1.54, 1.807) is 0 Å². The van der Waals surface area contributed by atoms with Gasteiger partial charge in [-0.15, -0.1) is 0 Å². The van der Waals surface area contributed by atoms with Crippen molar-refractivity contribution < 1.29 is 52.5 Å². The number of aliphatic hydroxyl groups is 1. The third-order valence-corrected chi connectivity index (χ3v) is 6.35. The third kappa shape index (κ3) is 5.97. The molecule has 11 atom stereocenters. The molecule has 0 spiro atoms. The average molecular weight is 460 g/mol. The zero-order valence-electron chi connectivity index (χ0n) is 18.0. The van der Waals surface area contributed by atoms with E-state index in [0.29, 0.717) is 66.1 Å². The van der Waals surface area contributed by atoms with Crippen LogP contribution in [0.4, 0.5) is 0 Å². The minimum absolute atomic E-state index is 0.0501. The Hall–Kier alpha value is -0.440. The highest BCUT2D eigenvalue weighted by atomic mass is 16.7. The first-order chi connectivity index (χ1) is 15.7. The fourth-order valence-corrected chi connectivity index (χ4v) is 4.01. The first-order valence-electron chi connectivity index (χ1n) is 11.6. The van der Waals surface area contributed by atoms with Crippen LogP contribution >= 0.6 is 0 Å². The Balaban J connectivity index is 1.22. The zero-order valence-corrected chi connectivity index (χ0v) is 18.0. The lowest BCUT2D eigenvalue weighted by Crippen LogP contribution is -2.67. The van der Waals surface area contributed by atoms with Crippen LogP contribution in [0.25, 0.3) is 0 Å². The predicted octanol–water partition coefficient (Wildman–Crippen LogP) is -1.72. The molecule has 0 bridgehead atoms. The second kappa shape index (κ2) is 9.67. The Morgan fingerprint density at radius 1 is 0.438 bits per heavy atom. The van der Waals surface area contributed by atoms with Crippen molar-refractivity contribution in [2.24, 2.45) is 0 Å². The van der Waals surface area contributed by atoms with Gasteiger partial charge in [-0.25, -0.2) is 0 Å². The van der Waals surface area contributed by atoms with Crippen LogP contribution < -0.4 is 0 Å². The first kappa shape index (κ1) is 22.1. The Labute approximate surface area is 186 Å². The molecule has 0 radical (unpaired) electrons. The summed E-state index contributed by atoms with van der Waals surface area (Å²) >= 11 is 0. The molecule has 182 valence electrons. The van der Waals surface area contributed by atoms with Crippen molar-refractivity contribution in [2.45, 2.75) is 67.1 Å². The third-order valence-electron chi connectivity index (χ3n) is 6.35. The summed E-state index contributed by atoms with van der Waals surface area (Å²) in [6, 6.07) is 0. The van der Waals surface area contributed by atoms with Gasteiger partial charge >= 0.3 is 0 Å². The quantitative estimate of drug-likeness (QED) is 0.280. The minimum Gasteiger partial charge on any atom is -0.387 e. The molecular formula is C21H32O11. The molecule has 1 N–H and O–H groups in total. The van der Waals surface area contributed by atoms with Crippen LogP contribution in [0.5, 0.6) is 0 Å². The van der Waals surface area contributed by atoms with E-state index < -0.39 is 36.6 Å². The number of epoxide rings is 5. The van der Waals surface area contributed by atoms with Crippen molar-refractivity contribution in [1.82, 2.24) is 0 Å². The second-order valence-corrected chi connectivity index (χ2v) is 9.26. The van der Waals surface area contributed by atoms with E-state index in [9.17, 15) is 5.11 Å². The van der Waals surface area contributed by atoms with Crippen molar-refractivity contribution in [3.05, 3.63) is 0 Å². The molecule has 11 heteroatoms. The monoisotopic (exact) mass is 460 g/mol. The summed E-state index contributed by atoms with van der Waals surface area (Å²) in [4.78, 5) is 0. The van der Waals surface area contributed by atoms with Crippen molar-refractivity contribution >= 4 is 0 Å². The van der Waals surface area contributed by atoms with Crippen LogP contribution in [0.1, 0.15) is 0 Å². The van der Waals surface area contributed by atoms with E-state index in [-0.39, 0.29) is 30.5 Å². The summed E-state index contributed by atoms with van der Waals surface area (Å²) in [5.74, 6) is 0. The van der Waals surface area contributed by atoms with Gasteiger partial charge in [0.25, 0.3) is 0 Å². The van der Waals surface area contributed by atoms with Crippen molar-refractivity contribution in [3.63, 3.8) is 0 Å². The van der Waals surface area contributed by atoms with Gasteiger partial charge in [0.2, 0.25) is 0 Å². The van der Waals surface area contributed by atoms with E-state index in [4.69, 9.17) is 47.4 Å². The second-order valence-electron chi connectivity index (χ2n) is 9.26. The van der Waals surface area contributed by atoms with Crippen LogP contribution in [0, 0.1) is 0 Å². The van der Waals surface area contributed by atoms with E-state index in [0.717, 1.165) is 0 Å². The molecule has 1 aliphatic carbocycles. The highest BCUT2D eigenvalue weighted by Gasteiger charge is 2.55. The largest absolute Gasteiger partial charge is 0.387 e. The fraction of sp³-hybridized carbons (Fsp3) is 1.00. The van der Waals surface area contributed by atoms with Crippen molar-refractivity contribution in [3.8, 4) is 0 Å². The molecule has 0 aromatic heterocycles. The van der Waals surface area contributed by atoms with Gasteiger partial charge in [0.05, 0.1) is 66.1 Å². The van der Waals surface area contributed by atoms with Gasteiger partial charge in [-0.05, 0) is 0 Å². The highest BCUT2D eigenvalue weighted by Crippen LogP contribution is 2.35. The van der Waals surface area contributed by atoms with E-state index in [1.807, 2.05) is 0 Å². The van der Waals surface area contributed by atoms with Crippen LogP contribution in [-0.2, 0) is 47.4 Å². The smallest absolute Gasteiger partial charge is 0.115 e. The summed E-state index contributed by atoms with van der Waals surface area (Å²) in [5, 5.41) is 11.4. The average Bonchev–Trinajstić information content (AvgIpc) is 3.63. The van der Waals surface area contributed by atoms with Crippen LogP contribution in [-0.4, -0.2) is 138 Å². The minimum atomic E-state index is -0.972. The van der Waals surface area contributed by atoms with Gasteiger partial charge in [0.1, 0.15) is 67.1 Å². The molecule has 6 aliphatic rings. The summed E-state index contributed by atoms with van der Waals surface area (Å²) in [6.07, 6.45) is -3.64. The van der Waals surface area contributed by atoms with Gasteiger partial charge in [0.15, 0.2) is 0 Å². The maximum Gasteiger partial charge on any atom is 0.115 e. The molecule has 5 aliphatic heterocycles. The molecule has 6 fully saturated rings. The molecule has 6 rings (SSSR count). The molecule has 1 saturated carbocycles. The summed E-state index contributed by atoms with van der Waals surface area (Å²) in [6.45, 7) is 5.31. The molecule has 0 aromatic carbocycles. The maximum atomic E-state index is 11.4. The molecule has 0 aromatic rings. The molecule has 5 heterocycles. The molecular weight excluding hydrogens is 428 g/mol. The lowest BCUT2D eigenvalue weighted by molar-refractivity contribution is -0.275. The Kier molecular flexibility index (Phi) is 6.66. The first-order valence-corrected chi connectivity index (χ1v) is 11.6. The Morgan fingerprint density at radius 2 is 0.656 bits per heavy atom. The van der Waals surface area contributed by atoms with E-state index >= 15 is 0 Å². The molecule has 11 nitrogen and oxygen atoms in total. The Bertz CT molecular complexity index is 573. The number of ether oxygens (including phenoxy) is 10. The lowest BCUT2D eigenvalue weighted by Gasteiger charge is -2.48. The molecule has 5 saturated heterocycles. The van der Waals surface area contributed by atoms with Crippen LogP contribution in [0.3, 0.4) is 0 Å². The van der Waals surface area contributed by atoms with Gasteiger partial charge in [0, 0.05) is 0 Å². The highest BCUT2D eigenvalue weighted by molar-refractivity contribution is 5.04. The van der Waals surface area contributed by atoms with Gasteiger partial charge in [-0.2, -0.15) is 0 Å². The molecule has 32 heavy (non-hydrogen) atoms. The van der Waals surface area contributed by atoms with Crippen molar-refractivity contribution in [1.29, 1.82) is 0 Å². The number of hydrogen-bond donors (Lipinski definition) is 1. The van der Waals surface area contributed by atoms with Crippen molar-refractivity contribution in [2.75, 3.05) is 66.1 Å². The van der Waals surface area contributed by atoms with Gasteiger partial charge < -0.3 is 52.5 Å². The summed E-state index contributed by atoms with van der Waals surface area (Å²) in [7, 11) is 0. The van der Waals surface area contributed by atoms with Gasteiger partial charge in [-0.3, -0.25) is 0 Å². The van der Waals surface area contributed by atoms with Gasteiger partial charge in [-0.1, -0.05) is 0 Å². The predicted molar refractivity (Wildman–Crippen MR) is 103 cm³/mol. The molecule has 0 amide bonds. The zero-order chi connectivity index (χ0) is 21.5. The standard InChI is InChI=1S/C21H32O11/c22-16-17(28-6-11-1-23-11)19(30-8-13-3-25-13)21(32-10-15-5-27-15)20(31-9-14-4-26-14)18(16)29-7-12-2-24-12/h11-22H,1-10H2/t11?,12?,13?,14?,15?,16?,17-,18-,19-,20+,21?/m1/s1. The number of rotatable bonds is 15. The molecule has 7 unspecified atom stereocenters. The summed E-state index contributed by atoms with van der Waals surface area (Å²) in [5.41, 5.74) is 0. The SMILES string of the molecule is OC1[C@@H](OCC2CO2)[C@H](OCC2CO2)C(OCC2CO2)[C@H](OCC2CO2)[C@@H]1OCC1CO1. The van der Waals surface area contributed by atoms with E-state index in [1.165, 1.54) is 0 Å². The summed E-state index contributed by atoms with van der Waals surface area (Å²) < 4.78 is 57.6. The number of aliphatic hydroxyl groups excluding tert-OH is 1. The maximum absolute atomic E-state index is 11.4.